The van der Waals surface area contributed by atoms with Crippen LogP contribution in [0.2, 0.25) is 0 Å². The number of carbonyl (C=O) groups is 3. The van der Waals surface area contributed by atoms with Crippen molar-refractivity contribution in [1.29, 1.82) is 0 Å². The van der Waals surface area contributed by atoms with Crippen molar-refractivity contribution in [3.63, 3.8) is 0 Å². The Kier molecular flexibility index (Phi) is 19.7. The number of nitrogens with one attached hydrogen (secondary N) is 2. The summed E-state index contributed by atoms with van der Waals surface area (Å²) in [7, 11) is 0. The summed E-state index contributed by atoms with van der Waals surface area (Å²) in [4.78, 5) is 42.4. The Labute approximate surface area is 258 Å². The molecule has 1 aromatic heterocycles. The average Bonchev–Trinajstić information content (AvgIpc) is 3.25. The first-order valence-electron chi connectivity index (χ1n) is 16.3. The average molecular weight is 608 g/mol. The first kappa shape index (κ1) is 37.9. The second kappa shape index (κ2) is 22.4. The lowest BCUT2D eigenvalue weighted by atomic mass is 10.1. The van der Waals surface area contributed by atoms with Gasteiger partial charge in [-0.15, -0.1) is 4.73 Å². The van der Waals surface area contributed by atoms with Crippen LogP contribution in [0.5, 0.6) is 11.8 Å². The van der Waals surface area contributed by atoms with E-state index >= 15 is 0 Å². The van der Waals surface area contributed by atoms with Gasteiger partial charge in [-0.3, -0.25) is 4.79 Å². The van der Waals surface area contributed by atoms with E-state index in [1.165, 1.54) is 57.1 Å². The Hall–Kier alpha value is -3.17. The molecule has 10 heteroatoms. The number of nitrogens with zero attached hydrogens (tertiary/aromatic N) is 1. The summed E-state index contributed by atoms with van der Waals surface area (Å²) in [6.45, 7) is 7.93. The second-order valence-corrected chi connectivity index (χ2v) is 12.1. The minimum Gasteiger partial charge on any atom is -0.492 e. The lowest BCUT2D eigenvalue weighted by Crippen LogP contribution is -2.44. The van der Waals surface area contributed by atoms with Crippen molar-refractivity contribution in [2.75, 3.05) is 6.54 Å². The van der Waals surface area contributed by atoms with E-state index in [-0.39, 0.29) is 12.3 Å². The van der Waals surface area contributed by atoms with Gasteiger partial charge in [0.15, 0.2) is 0 Å². The Morgan fingerprint density at radius 1 is 0.837 bits per heavy atom. The van der Waals surface area contributed by atoms with Gasteiger partial charge in [-0.2, -0.15) is 0 Å². The quantitative estimate of drug-likeness (QED) is 0.0770. The normalized spacial score (nSPS) is 12.3. The Balaban J connectivity index is 2.34. The van der Waals surface area contributed by atoms with Crippen LogP contribution in [0.4, 0.5) is 4.79 Å². The van der Waals surface area contributed by atoms with Crippen LogP contribution in [0.25, 0.3) is 0 Å². The molecule has 1 heterocycles. The largest absolute Gasteiger partial charge is 0.492 e. The third-order valence-electron chi connectivity index (χ3n) is 6.85. The van der Waals surface area contributed by atoms with Crippen molar-refractivity contribution in [3.8, 4) is 11.8 Å². The van der Waals surface area contributed by atoms with Crippen molar-refractivity contribution >= 4 is 18.0 Å². The van der Waals surface area contributed by atoms with Crippen LogP contribution in [0.3, 0.4) is 0 Å². The minimum atomic E-state index is -0.974. The molecule has 0 saturated carbocycles. The number of carbonyl (C=O) groups excluding carboxylic acids is 3. The van der Waals surface area contributed by atoms with Gasteiger partial charge in [0.1, 0.15) is 11.6 Å². The van der Waals surface area contributed by atoms with E-state index < -0.39 is 35.5 Å². The van der Waals surface area contributed by atoms with E-state index in [1.807, 2.05) is 0 Å². The Morgan fingerprint density at radius 3 is 1.98 bits per heavy atom. The van der Waals surface area contributed by atoms with Crippen molar-refractivity contribution in [3.05, 3.63) is 24.3 Å². The molecule has 4 N–H and O–H groups in total. The van der Waals surface area contributed by atoms with Crippen LogP contribution >= 0.6 is 0 Å². The van der Waals surface area contributed by atoms with Gasteiger partial charge in [0.25, 0.3) is 0 Å². The molecule has 0 saturated heterocycles. The Bertz CT molecular complexity index is 933. The molecule has 2 amide bonds. The molecule has 1 rings (SSSR count). The number of aromatic nitrogens is 1. The van der Waals surface area contributed by atoms with Crippen LogP contribution < -0.4 is 15.5 Å². The number of alkyl carbamates (subject to hydrolysis) is 1. The molecule has 1 unspecified atom stereocenters. The van der Waals surface area contributed by atoms with E-state index in [9.17, 15) is 24.6 Å². The summed E-state index contributed by atoms with van der Waals surface area (Å²) in [6.07, 6.45) is 20.9. The van der Waals surface area contributed by atoms with E-state index in [4.69, 9.17) is 9.57 Å². The summed E-state index contributed by atoms with van der Waals surface area (Å²) >= 11 is 0. The summed E-state index contributed by atoms with van der Waals surface area (Å²) in [6, 6.07) is 1.40. The number of hydrogen-bond acceptors (Lipinski definition) is 7. The molecular formula is C33H57N3O7. The van der Waals surface area contributed by atoms with Crippen LogP contribution in [0.1, 0.15) is 137 Å². The molecule has 0 aliphatic heterocycles. The minimum absolute atomic E-state index is 0.257. The topological polar surface area (TPSA) is 139 Å². The van der Waals surface area contributed by atoms with E-state index in [1.54, 1.807) is 20.8 Å². The standard InChI is InChI=1S/C33H57N3O7/c1-5-6-7-8-9-10-11-12-13-14-15-16-17-18-19-23-28(37)35-27(31(40)43-36-29(38)24-25-30(36)39)22-20-21-26-34-32(41)42-33(2,3)4/h12-13,24-25,27,38-39H,5-11,14-23,26H2,1-4H3,(H,34,41)(H,35,37). The summed E-state index contributed by atoms with van der Waals surface area (Å²) < 4.78 is 5.81. The summed E-state index contributed by atoms with van der Waals surface area (Å²) in [5.74, 6) is -1.94. The summed E-state index contributed by atoms with van der Waals surface area (Å²) in [5.41, 5.74) is -0.594. The fourth-order valence-corrected chi connectivity index (χ4v) is 4.50. The first-order valence-corrected chi connectivity index (χ1v) is 16.3. The van der Waals surface area contributed by atoms with E-state index in [0.29, 0.717) is 30.5 Å². The molecule has 0 fully saturated rings. The molecule has 1 aromatic rings. The molecule has 0 aliphatic rings. The predicted molar refractivity (Wildman–Crippen MR) is 169 cm³/mol. The molecule has 0 spiro atoms. The SMILES string of the molecule is CCCCCCCCC=CCCCCCCCC(=O)NC(CCCCNC(=O)OC(C)(C)C)C(=O)On1c(O)ccc1O. The van der Waals surface area contributed by atoms with Gasteiger partial charge < -0.3 is 30.4 Å². The fourth-order valence-electron chi connectivity index (χ4n) is 4.50. The van der Waals surface area contributed by atoms with Crippen LogP contribution in [-0.2, 0) is 14.3 Å². The number of rotatable bonds is 23. The molecular weight excluding hydrogens is 550 g/mol. The molecule has 0 aromatic carbocycles. The van der Waals surface area contributed by atoms with Gasteiger partial charge in [0.2, 0.25) is 17.7 Å². The predicted octanol–water partition coefficient (Wildman–Crippen LogP) is 7.07. The van der Waals surface area contributed by atoms with E-state index in [0.717, 1.165) is 38.5 Å². The molecule has 1 atom stereocenters. The molecule has 0 aliphatic carbocycles. The number of aromatic hydroxyl groups is 2. The van der Waals surface area contributed by atoms with Gasteiger partial charge in [0, 0.05) is 25.1 Å². The maximum absolute atomic E-state index is 12.8. The first-order chi connectivity index (χ1) is 20.5. The number of hydrogen-bond donors (Lipinski definition) is 4. The number of amides is 2. The van der Waals surface area contributed by atoms with E-state index in [2.05, 4.69) is 29.7 Å². The number of allylic oxidation sites excluding steroid dienone is 2. The lowest BCUT2D eigenvalue weighted by Gasteiger charge is -2.20. The monoisotopic (exact) mass is 607 g/mol. The highest BCUT2D eigenvalue weighted by Gasteiger charge is 2.25. The van der Waals surface area contributed by atoms with Crippen LogP contribution in [0, 0.1) is 0 Å². The van der Waals surface area contributed by atoms with Gasteiger partial charge in [-0.1, -0.05) is 70.4 Å². The Morgan fingerprint density at radius 2 is 1.40 bits per heavy atom. The van der Waals surface area contributed by atoms with Gasteiger partial charge in [-0.05, 0) is 72.1 Å². The fraction of sp³-hybridized carbons (Fsp3) is 0.727. The third-order valence-corrected chi connectivity index (χ3v) is 6.85. The summed E-state index contributed by atoms with van der Waals surface area (Å²) in [5, 5.41) is 25.0. The molecule has 43 heavy (non-hydrogen) atoms. The van der Waals surface area contributed by atoms with Crippen LogP contribution in [-0.4, -0.2) is 51.1 Å². The van der Waals surface area contributed by atoms with Gasteiger partial charge in [-0.25, -0.2) is 9.59 Å². The zero-order valence-corrected chi connectivity index (χ0v) is 27.0. The van der Waals surface area contributed by atoms with Crippen molar-refractivity contribution < 1.29 is 34.2 Å². The maximum Gasteiger partial charge on any atom is 0.407 e. The smallest absolute Gasteiger partial charge is 0.407 e. The maximum atomic E-state index is 12.8. The van der Waals surface area contributed by atoms with Crippen molar-refractivity contribution in [2.24, 2.45) is 0 Å². The molecule has 10 nitrogen and oxygen atoms in total. The lowest BCUT2D eigenvalue weighted by molar-refractivity contribution is -0.149. The third kappa shape index (κ3) is 19.6. The molecule has 246 valence electrons. The number of unbranched alkanes of at least 4 members (excludes halogenated alkanes) is 12. The van der Waals surface area contributed by atoms with Crippen LogP contribution in [0.15, 0.2) is 24.3 Å². The van der Waals surface area contributed by atoms with Crippen molar-refractivity contribution in [2.45, 2.75) is 148 Å². The van der Waals surface area contributed by atoms with Gasteiger partial charge in [0.05, 0.1) is 0 Å². The highest BCUT2D eigenvalue weighted by atomic mass is 16.7. The highest BCUT2D eigenvalue weighted by molar-refractivity contribution is 5.84. The van der Waals surface area contributed by atoms with Gasteiger partial charge >= 0.3 is 12.1 Å². The number of ether oxygens (including phenoxy) is 1. The molecule has 0 bridgehead atoms. The zero-order chi connectivity index (χ0) is 31.9. The second-order valence-electron chi connectivity index (χ2n) is 12.1. The molecule has 0 radical (unpaired) electrons. The highest BCUT2D eigenvalue weighted by Crippen LogP contribution is 2.19. The van der Waals surface area contributed by atoms with Crippen molar-refractivity contribution in [1.82, 2.24) is 15.4 Å². The zero-order valence-electron chi connectivity index (χ0n) is 27.0.